The fourth-order valence-electron chi connectivity index (χ4n) is 5.35. The Balaban J connectivity index is 1.50. The van der Waals surface area contributed by atoms with Crippen LogP contribution in [0.15, 0.2) is 59.8 Å². The van der Waals surface area contributed by atoms with Crippen LogP contribution in [0.5, 0.6) is 11.5 Å². The Morgan fingerprint density at radius 1 is 1.13 bits per heavy atom. The fraction of sp³-hybridized carbons (Fsp3) is 0.333. The number of aromatic nitrogens is 2. The molecule has 2 amide bonds. The van der Waals surface area contributed by atoms with Crippen molar-refractivity contribution in [3.8, 4) is 11.5 Å². The largest absolute Gasteiger partial charge is 0.493 e. The van der Waals surface area contributed by atoms with Gasteiger partial charge in [0.2, 0.25) is 5.91 Å². The van der Waals surface area contributed by atoms with E-state index < -0.39 is 35.4 Å². The summed E-state index contributed by atoms with van der Waals surface area (Å²) < 4.78 is 17.8. The van der Waals surface area contributed by atoms with E-state index in [1.54, 1.807) is 59.5 Å². The minimum Gasteiger partial charge on any atom is -0.493 e. The van der Waals surface area contributed by atoms with Crippen LogP contribution in [-0.2, 0) is 19.1 Å². The molecule has 0 radical (unpaired) electrons. The molecular formula is C33H35ClN4O8S. The zero-order chi connectivity index (χ0) is 33.9. The van der Waals surface area contributed by atoms with Crippen LogP contribution in [-0.4, -0.2) is 77.2 Å². The summed E-state index contributed by atoms with van der Waals surface area (Å²) in [6.07, 6.45) is -2.47. The number of methoxy groups -OCH3 is 2. The highest BCUT2D eigenvalue weighted by Gasteiger charge is 2.40. The molecule has 0 aliphatic carbocycles. The number of rotatable bonds is 12. The Labute approximate surface area is 280 Å². The quantitative estimate of drug-likeness (QED) is 0.145. The number of hydrogen-bond donors (Lipinski definition) is 4. The highest BCUT2D eigenvalue weighted by Crippen LogP contribution is 2.45. The Morgan fingerprint density at radius 2 is 1.91 bits per heavy atom. The summed E-state index contributed by atoms with van der Waals surface area (Å²) in [4.78, 5) is 47.7. The lowest BCUT2D eigenvalue weighted by molar-refractivity contribution is -0.136. The minimum atomic E-state index is -1.24. The lowest BCUT2D eigenvalue weighted by Crippen LogP contribution is -2.46. The summed E-state index contributed by atoms with van der Waals surface area (Å²) in [5.41, 5.74) is 2.64. The number of carboxylic acids is 1. The second kappa shape index (κ2) is 14.2. The van der Waals surface area contributed by atoms with Crippen molar-refractivity contribution < 1.29 is 38.8 Å². The van der Waals surface area contributed by atoms with Gasteiger partial charge in [-0.05, 0) is 42.5 Å². The molecule has 47 heavy (non-hydrogen) atoms. The van der Waals surface area contributed by atoms with E-state index in [0.717, 1.165) is 11.8 Å². The number of fused-ring (bicyclic) bond motifs is 2. The standard InChI is InChI=1S/C33H35ClN4O8S/c1-33(2,17-39)16-38-24-11-8-18(34)12-21(24)29(20-6-5-7-25(44-3)30(20)45-4)46-26(31(38)43)14-27(40)35-19-9-10-22-23(13-19)37-32(36-22)47-15-28(41)42/h5-13,26,29,39H,14-17H2,1-4H3,(H,35,40)(H,36,37)(H,41,42)/t26?,29-/m1/s1. The third-order valence-electron chi connectivity index (χ3n) is 7.58. The maximum Gasteiger partial charge on any atom is 0.313 e. The van der Waals surface area contributed by atoms with Crippen LogP contribution in [0.1, 0.15) is 37.5 Å². The SMILES string of the molecule is COc1cccc([C@H]2OC(CC(=O)Nc3ccc4nc(SCC(=O)O)[nH]c4c3)C(=O)N(CC(C)(C)CO)c3ccc(Cl)cc32)c1OC. The van der Waals surface area contributed by atoms with Crippen molar-refractivity contribution in [3.63, 3.8) is 0 Å². The van der Waals surface area contributed by atoms with Crippen LogP contribution < -0.4 is 19.7 Å². The molecule has 0 saturated heterocycles. The van der Waals surface area contributed by atoms with Gasteiger partial charge >= 0.3 is 5.97 Å². The van der Waals surface area contributed by atoms with Crippen LogP contribution in [0, 0.1) is 5.41 Å². The number of aliphatic carboxylic acids is 1. The van der Waals surface area contributed by atoms with Crippen LogP contribution >= 0.6 is 23.4 Å². The van der Waals surface area contributed by atoms with E-state index in [-0.39, 0.29) is 25.3 Å². The Bertz CT molecular complexity index is 1810. The van der Waals surface area contributed by atoms with Crippen LogP contribution in [0.2, 0.25) is 5.02 Å². The number of para-hydroxylation sites is 1. The van der Waals surface area contributed by atoms with E-state index >= 15 is 0 Å². The molecule has 1 aliphatic rings. The van der Waals surface area contributed by atoms with Crippen molar-refractivity contribution in [3.05, 3.63) is 70.7 Å². The third-order valence-corrected chi connectivity index (χ3v) is 8.67. The second-order valence-electron chi connectivity index (χ2n) is 11.7. The zero-order valence-electron chi connectivity index (χ0n) is 26.2. The number of nitrogens with one attached hydrogen (secondary N) is 2. The van der Waals surface area contributed by atoms with Gasteiger partial charge in [0.05, 0.1) is 37.4 Å². The summed E-state index contributed by atoms with van der Waals surface area (Å²) in [6, 6.07) is 15.5. The highest BCUT2D eigenvalue weighted by atomic mass is 35.5. The zero-order valence-corrected chi connectivity index (χ0v) is 27.8. The van der Waals surface area contributed by atoms with Gasteiger partial charge in [0.1, 0.15) is 12.2 Å². The van der Waals surface area contributed by atoms with Crippen molar-refractivity contribution >= 4 is 63.6 Å². The number of amides is 2. The van der Waals surface area contributed by atoms with Crippen LogP contribution in [0.25, 0.3) is 11.0 Å². The molecule has 0 bridgehead atoms. The molecule has 5 rings (SSSR count). The number of ether oxygens (including phenoxy) is 3. The molecule has 2 atom stereocenters. The Kier molecular flexibility index (Phi) is 10.3. The Hall–Kier alpha value is -4.30. The normalized spacial score (nSPS) is 16.5. The van der Waals surface area contributed by atoms with Crippen molar-refractivity contribution in [1.29, 1.82) is 0 Å². The van der Waals surface area contributed by atoms with Crippen molar-refractivity contribution in [1.82, 2.24) is 9.97 Å². The van der Waals surface area contributed by atoms with Gasteiger partial charge in [0.25, 0.3) is 5.91 Å². The topological polar surface area (TPSA) is 163 Å². The summed E-state index contributed by atoms with van der Waals surface area (Å²) in [6.45, 7) is 3.62. The number of nitrogens with zero attached hydrogens (tertiary/aromatic N) is 2. The monoisotopic (exact) mass is 682 g/mol. The van der Waals surface area contributed by atoms with Crippen molar-refractivity contribution in [2.45, 2.75) is 37.6 Å². The summed E-state index contributed by atoms with van der Waals surface area (Å²) in [5, 5.41) is 22.8. The first-order valence-corrected chi connectivity index (χ1v) is 16.0. The molecule has 1 aliphatic heterocycles. The first kappa shape index (κ1) is 34.0. The summed E-state index contributed by atoms with van der Waals surface area (Å²) in [5.74, 6) is -1.19. The molecule has 12 nitrogen and oxygen atoms in total. The number of hydrogen-bond acceptors (Lipinski definition) is 9. The van der Waals surface area contributed by atoms with Crippen molar-refractivity contribution in [2.75, 3.05) is 43.3 Å². The number of aromatic amines is 1. The third kappa shape index (κ3) is 7.65. The molecule has 0 fully saturated rings. The lowest BCUT2D eigenvalue weighted by Gasteiger charge is -2.32. The second-order valence-corrected chi connectivity index (χ2v) is 13.1. The van der Waals surface area contributed by atoms with E-state index in [4.69, 9.17) is 30.9 Å². The Morgan fingerprint density at radius 3 is 2.62 bits per heavy atom. The predicted octanol–water partition coefficient (Wildman–Crippen LogP) is 5.28. The smallest absolute Gasteiger partial charge is 0.313 e. The molecule has 248 valence electrons. The number of aliphatic hydroxyl groups excluding tert-OH is 1. The molecule has 0 saturated carbocycles. The molecule has 2 heterocycles. The van der Waals surface area contributed by atoms with Crippen LogP contribution in [0.3, 0.4) is 0 Å². The maximum absolute atomic E-state index is 14.3. The number of carbonyl (C=O) groups is 3. The van der Waals surface area contributed by atoms with Crippen molar-refractivity contribution in [2.24, 2.45) is 5.41 Å². The van der Waals surface area contributed by atoms with E-state index in [1.807, 2.05) is 13.8 Å². The first-order chi connectivity index (χ1) is 22.4. The number of carboxylic acid groups (broad SMARTS) is 1. The van der Waals surface area contributed by atoms with Gasteiger partial charge in [-0.15, -0.1) is 0 Å². The van der Waals surface area contributed by atoms with E-state index in [2.05, 4.69) is 15.3 Å². The fourth-order valence-corrected chi connectivity index (χ4v) is 6.13. The van der Waals surface area contributed by atoms with Gasteiger partial charge in [-0.2, -0.15) is 0 Å². The number of aliphatic hydroxyl groups is 1. The summed E-state index contributed by atoms with van der Waals surface area (Å²) in [7, 11) is 3.03. The van der Waals surface area contributed by atoms with Gasteiger partial charge in [0, 0.05) is 46.1 Å². The van der Waals surface area contributed by atoms with Gasteiger partial charge < -0.3 is 39.6 Å². The number of anilines is 2. The number of thioether (sulfide) groups is 1. The molecule has 3 aromatic carbocycles. The van der Waals surface area contributed by atoms with E-state index in [1.165, 1.54) is 14.2 Å². The van der Waals surface area contributed by atoms with Gasteiger partial charge in [-0.3, -0.25) is 14.4 Å². The maximum atomic E-state index is 14.3. The highest BCUT2D eigenvalue weighted by molar-refractivity contribution is 7.99. The molecule has 4 aromatic rings. The molecule has 4 N–H and O–H groups in total. The van der Waals surface area contributed by atoms with Gasteiger partial charge in [0.15, 0.2) is 16.7 Å². The number of H-pyrrole nitrogens is 1. The van der Waals surface area contributed by atoms with Gasteiger partial charge in [-0.25, -0.2) is 4.98 Å². The molecule has 14 heteroatoms. The molecule has 1 unspecified atom stereocenters. The van der Waals surface area contributed by atoms with Crippen LogP contribution in [0.4, 0.5) is 11.4 Å². The first-order valence-electron chi connectivity index (χ1n) is 14.6. The average Bonchev–Trinajstić information content (AvgIpc) is 3.42. The number of benzene rings is 3. The molecular weight excluding hydrogens is 648 g/mol. The van der Waals surface area contributed by atoms with E-state index in [9.17, 15) is 19.5 Å². The number of carbonyl (C=O) groups excluding carboxylic acids is 2. The number of imidazole rings is 1. The molecule has 1 aromatic heterocycles. The predicted molar refractivity (Wildman–Crippen MR) is 179 cm³/mol. The minimum absolute atomic E-state index is 0.138. The number of halogens is 1. The summed E-state index contributed by atoms with van der Waals surface area (Å²) >= 11 is 7.54. The van der Waals surface area contributed by atoms with E-state index in [0.29, 0.717) is 55.2 Å². The average molecular weight is 683 g/mol. The lowest BCUT2D eigenvalue weighted by atomic mass is 9.92. The van der Waals surface area contributed by atoms with Gasteiger partial charge in [-0.1, -0.05) is 49.3 Å². The molecule has 0 spiro atoms.